The third-order valence-corrected chi connectivity index (χ3v) is 4.83. The maximum Gasteiger partial charge on any atom is 0.265 e. The van der Waals surface area contributed by atoms with Crippen LogP contribution in [-0.2, 0) is 4.79 Å². The number of ether oxygens (including phenoxy) is 2. The molecule has 0 fully saturated rings. The first kappa shape index (κ1) is 21.1. The van der Waals surface area contributed by atoms with Crippen LogP contribution in [-0.4, -0.2) is 29.3 Å². The number of carbonyl (C=O) groups excluding carboxylic acids is 1. The molecule has 0 radical (unpaired) electrons. The van der Waals surface area contributed by atoms with Gasteiger partial charge in [-0.3, -0.25) is 4.79 Å². The summed E-state index contributed by atoms with van der Waals surface area (Å²) in [6.07, 6.45) is -0.234. The maximum atomic E-state index is 12.9. The van der Waals surface area contributed by atoms with E-state index in [4.69, 9.17) is 13.9 Å². The first-order valence-corrected chi connectivity index (χ1v) is 10.3. The molecular formula is C25H23N3O4. The van der Waals surface area contributed by atoms with Crippen molar-refractivity contribution in [2.24, 2.45) is 0 Å². The Morgan fingerprint density at radius 1 is 0.969 bits per heavy atom. The Kier molecular flexibility index (Phi) is 6.46. The predicted octanol–water partition coefficient (Wildman–Crippen LogP) is 5.21. The van der Waals surface area contributed by atoms with Crippen molar-refractivity contribution in [1.29, 1.82) is 0 Å². The number of nitrogens with one attached hydrogen (secondary N) is 1. The van der Waals surface area contributed by atoms with Crippen molar-refractivity contribution < 1.29 is 18.7 Å². The average molecular weight is 429 g/mol. The summed E-state index contributed by atoms with van der Waals surface area (Å²) in [5.41, 5.74) is 2.08. The van der Waals surface area contributed by atoms with Crippen LogP contribution < -0.4 is 14.8 Å². The minimum atomic E-state index is -0.709. The Labute approximate surface area is 186 Å². The van der Waals surface area contributed by atoms with Crippen LogP contribution in [0.25, 0.3) is 22.9 Å². The highest BCUT2D eigenvalue weighted by Gasteiger charge is 2.22. The van der Waals surface area contributed by atoms with Crippen molar-refractivity contribution >= 4 is 11.6 Å². The lowest BCUT2D eigenvalue weighted by molar-refractivity contribution is -0.122. The summed E-state index contributed by atoms with van der Waals surface area (Å²) in [6.45, 7) is 1.89. The molecule has 7 heteroatoms. The van der Waals surface area contributed by atoms with E-state index in [0.29, 0.717) is 41.0 Å². The van der Waals surface area contributed by atoms with Crippen LogP contribution in [0.15, 0.2) is 83.3 Å². The molecule has 0 aliphatic carbocycles. The number of anilines is 1. The number of rotatable bonds is 8. The molecule has 1 amide bonds. The lowest BCUT2D eigenvalue weighted by Crippen LogP contribution is -2.32. The highest BCUT2D eigenvalue weighted by molar-refractivity contribution is 5.94. The van der Waals surface area contributed by atoms with Gasteiger partial charge in [0.15, 0.2) is 6.10 Å². The summed E-state index contributed by atoms with van der Waals surface area (Å²) in [4.78, 5) is 12.9. The van der Waals surface area contributed by atoms with Gasteiger partial charge in [0.25, 0.3) is 11.8 Å². The van der Waals surface area contributed by atoms with Crippen LogP contribution in [0.5, 0.6) is 11.5 Å². The quantitative estimate of drug-likeness (QED) is 0.414. The van der Waals surface area contributed by atoms with Crippen molar-refractivity contribution in [1.82, 2.24) is 10.2 Å². The summed E-state index contributed by atoms with van der Waals surface area (Å²) in [7, 11) is 1.58. The van der Waals surface area contributed by atoms with Gasteiger partial charge in [-0.15, -0.1) is 10.2 Å². The molecule has 4 aromatic rings. The molecule has 0 spiro atoms. The summed E-state index contributed by atoms with van der Waals surface area (Å²) in [5.74, 6) is 1.63. The van der Waals surface area contributed by atoms with Crippen LogP contribution >= 0.6 is 0 Å². The van der Waals surface area contributed by atoms with E-state index in [1.54, 1.807) is 25.3 Å². The second kappa shape index (κ2) is 9.78. The maximum absolute atomic E-state index is 12.9. The molecular weight excluding hydrogens is 406 g/mol. The van der Waals surface area contributed by atoms with E-state index < -0.39 is 6.10 Å². The molecule has 4 rings (SSSR count). The van der Waals surface area contributed by atoms with E-state index in [1.165, 1.54) is 0 Å². The summed E-state index contributed by atoms with van der Waals surface area (Å²) in [6, 6.07) is 24.0. The fourth-order valence-corrected chi connectivity index (χ4v) is 3.17. The van der Waals surface area contributed by atoms with Crippen LogP contribution in [0.3, 0.4) is 0 Å². The minimum absolute atomic E-state index is 0.258. The number of para-hydroxylation sites is 1. The molecule has 1 N–H and O–H groups in total. The minimum Gasteiger partial charge on any atom is -0.497 e. The van der Waals surface area contributed by atoms with Crippen molar-refractivity contribution in [3.63, 3.8) is 0 Å². The van der Waals surface area contributed by atoms with Gasteiger partial charge < -0.3 is 19.2 Å². The Morgan fingerprint density at radius 2 is 1.72 bits per heavy atom. The number of amides is 1. The first-order chi connectivity index (χ1) is 15.7. The van der Waals surface area contributed by atoms with Crippen LogP contribution in [0.1, 0.15) is 13.3 Å². The van der Waals surface area contributed by atoms with Gasteiger partial charge >= 0.3 is 0 Å². The summed E-state index contributed by atoms with van der Waals surface area (Å²) in [5, 5.41) is 11.2. The Morgan fingerprint density at radius 3 is 2.50 bits per heavy atom. The Balaban J connectivity index is 1.54. The normalized spacial score (nSPS) is 11.6. The smallest absolute Gasteiger partial charge is 0.265 e. The molecule has 162 valence electrons. The molecule has 32 heavy (non-hydrogen) atoms. The van der Waals surface area contributed by atoms with Crippen molar-refractivity contribution in [3.8, 4) is 34.4 Å². The van der Waals surface area contributed by atoms with E-state index in [1.807, 2.05) is 67.6 Å². The van der Waals surface area contributed by atoms with E-state index in [9.17, 15) is 4.79 Å². The fourth-order valence-electron chi connectivity index (χ4n) is 3.17. The molecule has 1 atom stereocenters. The van der Waals surface area contributed by atoms with Crippen molar-refractivity contribution in [2.45, 2.75) is 19.4 Å². The van der Waals surface area contributed by atoms with Gasteiger partial charge in [0.05, 0.1) is 12.7 Å². The highest BCUT2D eigenvalue weighted by Crippen LogP contribution is 2.32. The van der Waals surface area contributed by atoms with Crippen molar-refractivity contribution in [2.75, 3.05) is 12.4 Å². The molecule has 0 saturated carbocycles. The average Bonchev–Trinajstić information content (AvgIpc) is 3.33. The van der Waals surface area contributed by atoms with E-state index in [-0.39, 0.29) is 5.91 Å². The van der Waals surface area contributed by atoms with Gasteiger partial charge in [0.2, 0.25) is 5.89 Å². The second-order valence-corrected chi connectivity index (χ2v) is 7.01. The molecule has 1 aromatic heterocycles. The summed E-state index contributed by atoms with van der Waals surface area (Å²) < 4.78 is 17.2. The molecule has 0 aliphatic heterocycles. The molecule has 1 heterocycles. The second-order valence-electron chi connectivity index (χ2n) is 7.01. The lowest BCUT2D eigenvalue weighted by Gasteiger charge is -2.18. The topological polar surface area (TPSA) is 86.5 Å². The van der Waals surface area contributed by atoms with Gasteiger partial charge in [0.1, 0.15) is 11.5 Å². The lowest BCUT2D eigenvalue weighted by atomic mass is 10.2. The van der Waals surface area contributed by atoms with Gasteiger partial charge in [-0.25, -0.2) is 0 Å². The molecule has 0 saturated heterocycles. The number of hydrogen-bond donors (Lipinski definition) is 1. The SMILES string of the molecule is CC[C@H](Oc1ccccc1-c1nnc(-c2ccccc2)o1)C(=O)Nc1cccc(OC)c1. The molecule has 3 aromatic carbocycles. The number of carbonyl (C=O) groups is 1. The number of benzene rings is 3. The van der Waals surface area contributed by atoms with Gasteiger partial charge in [-0.2, -0.15) is 0 Å². The van der Waals surface area contributed by atoms with Crippen LogP contribution in [0.2, 0.25) is 0 Å². The van der Waals surface area contributed by atoms with Gasteiger partial charge in [-0.1, -0.05) is 43.3 Å². The number of aromatic nitrogens is 2. The number of nitrogens with zero attached hydrogens (tertiary/aromatic N) is 2. The molecule has 0 bridgehead atoms. The Bertz CT molecular complexity index is 1190. The fraction of sp³-hybridized carbons (Fsp3) is 0.160. The van der Waals surface area contributed by atoms with Crippen molar-refractivity contribution in [3.05, 3.63) is 78.9 Å². The van der Waals surface area contributed by atoms with E-state index >= 15 is 0 Å². The van der Waals surface area contributed by atoms with E-state index in [2.05, 4.69) is 15.5 Å². The zero-order valence-electron chi connectivity index (χ0n) is 17.8. The predicted molar refractivity (Wildman–Crippen MR) is 122 cm³/mol. The van der Waals surface area contributed by atoms with Crippen LogP contribution in [0.4, 0.5) is 5.69 Å². The van der Waals surface area contributed by atoms with E-state index in [0.717, 1.165) is 5.56 Å². The largest absolute Gasteiger partial charge is 0.497 e. The molecule has 0 unspecified atom stereocenters. The first-order valence-electron chi connectivity index (χ1n) is 10.3. The third kappa shape index (κ3) is 4.78. The van der Waals surface area contributed by atoms with Gasteiger partial charge in [-0.05, 0) is 42.8 Å². The summed E-state index contributed by atoms with van der Waals surface area (Å²) >= 11 is 0. The zero-order chi connectivity index (χ0) is 22.3. The number of hydrogen-bond acceptors (Lipinski definition) is 6. The zero-order valence-corrected chi connectivity index (χ0v) is 17.8. The Hall–Kier alpha value is -4.13. The van der Waals surface area contributed by atoms with Crippen LogP contribution in [0, 0.1) is 0 Å². The monoisotopic (exact) mass is 429 g/mol. The molecule has 7 nitrogen and oxygen atoms in total. The number of methoxy groups -OCH3 is 1. The highest BCUT2D eigenvalue weighted by atomic mass is 16.5. The molecule has 0 aliphatic rings. The third-order valence-electron chi connectivity index (χ3n) is 4.83. The standard InChI is InChI=1S/C25H23N3O4/c1-3-21(23(29)26-18-12-9-13-19(16-18)30-2)31-22-15-8-7-14-20(22)25-28-27-24(32-25)17-10-5-4-6-11-17/h4-16,21H,3H2,1-2H3,(H,26,29)/t21-/m0/s1. The van der Waals surface area contributed by atoms with Gasteiger partial charge in [0, 0.05) is 17.3 Å².